The fourth-order valence-corrected chi connectivity index (χ4v) is 6.46. The molecule has 1 amide bonds. The predicted molar refractivity (Wildman–Crippen MR) is 154 cm³/mol. The number of unbranched alkanes of at least 4 members (excludes halogenated alkanes) is 1. The van der Waals surface area contributed by atoms with Crippen molar-refractivity contribution in [3.05, 3.63) is 76.1 Å². The van der Waals surface area contributed by atoms with Crippen LogP contribution < -0.4 is 10.9 Å². The Morgan fingerprint density at radius 2 is 1.72 bits per heavy atom. The van der Waals surface area contributed by atoms with Gasteiger partial charge in [-0.05, 0) is 30.2 Å². The molecule has 39 heavy (non-hydrogen) atoms. The molecule has 2 N–H and O–H groups in total. The molecule has 0 radical (unpaired) electrons. The summed E-state index contributed by atoms with van der Waals surface area (Å²) in [5, 5.41) is 3.34. The summed E-state index contributed by atoms with van der Waals surface area (Å²) in [6.45, 7) is 10.5. The van der Waals surface area contributed by atoms with E-state index in [1.807, 2.05) is 19.9 Å². The third-order valence-electron chi connectivity index (χ3n) is 7.24. The van der Waals surface area contributed by atoms with Crippen LogP contribution in [-0.2, 0) is 16.6 Å². The number of nitrogens with zero attached hydrogens (tertiary/aromatic N) is 3. The smallest absolute Gasteiger partial charge is 0.252 e. The summed E-state index contributed by atoms with van der Waals surface area (Å²) in [5.74, 6) is -0.387. The molecule has 210 valence electrons. The number of amides is 1. The molecule has 2 aromatic carbocycles. The number of aromatic nitrogens is 1. The van der Waals surface area contributed by atoms with Gasteiger partial charge in [-0.2, -0.15) is 4.31 Å². The van der Waals surface area contributed by atoms with Crippen molar-refractivity contribution in [2.75, 3.05) is 52.4 Å². The quantitative estimate of drug-likeness (QED) is 0.357. The lowest BCUT2D eigenvalue weighted by Gasteiger charge is -2.34. The summed E-state index contributed by atoms with van der Waals surface area (Å²) in [6.07, 6.45) is 1.66. The van der Waals surface area contributed by atoms with Crippen LogP contribution in [0, 0.1) is 0 Å². The summed E-state index contributed by atoms with van der Waals surface area (Å²) in [5.41, 5.74) is 1.51. The highest BCUT2D eigenvalue weighted by atomic mass is 32.2. The third kappa shape index (κ3) is 7.33. The highest BCUT2D eigenvalue weighted by molar-refractivity contribution is 7.89. The molecule has 3 aromatic rings. The molecule has 9 nitrogen and oxygen atoms in total. The highest BCUT2D eigenvalue weighted by Gasteiger charge is 2.24. The summed E-state index contributed by atoms with van der Waals surface area (Å²) >= 11 is 0. The molecule has 1 aliphatic heterocycles. The van der Waals surface area contributed by atoms with E-state index in [4.69, 9.17) is 0 Å². The van der Waals surface area contributed by atoms with Gasteiger partial charge in [0.15, 0.2) is 0 Å². The van der Waals surface area contributed by atoms with Crippen LogP contribution in [0.3, 0.4) is 0 Å². The van der Waals surface area contributed by atoms with E-state index in [9.17, 15) is 18.0 Å². The second kappa shape index (κ2) is 13.3. The van der Waals surface area contributed by atoms with Gasteiger partial charge in [-0.3, -0.25) is 19.4 Å². The summed E-state index contributed by atoms with van der Waals surface area (Å²) < 4.78 is 28.0. The number of aromatic amines is 1. The topological polar surface area (TPSA) is 106 Å². The molecular weight excluding hydrogens is 514 g/mol. The molecule has 4 rings (SSSR count). The number of sulfonamides is 1. The van der Waals surface area contributed by atoms with Crippen molar-refractivity contribution < 1.29 is 13.2 Å². The molecule has 0 atom stereocenters. The largest absolute Gasteiger partial charge is 0.351 e. The van der Waals surface area contributed by atoms with Crippen molar-refractivity contribution in [1.82, 2.24) is 24.4 Å². The van der Waals surface area contributed by atoms with Crippen molar-refractivity contribution in [3.8, 4) is 0 Å². The standard InChI is InChI=1S/C29H39N5O4S/c1-3-5-14-34(4-2)39(37,38)24-11-12-27-25(20-24)26(21-28(35)31-27)29(36)30-13-15-32-16-18-33(19-17-32)22-23-9-7-6-8-10-23/h6-12,20-21H,3-5,13-19,22H2,1-2H3,(H,30,36)(H,31,35). The van der Waals surface area contributed by atoms with E-state index < -0.39 is 15.6 Å². The zero-order valence-electron chi connectivity index (χ0n) is 22.9. The maximum atomic E-state index is 13.3. The van der Waals surface area contributed by atoms with Crippen molar-refractivity contribution in [2.45, 2.75) is 38.1 Å². The van der Waals surface area contributed by atoms with Gasteiger partial charge in [0.2, 0.25) is 15.6 Å². The highest BCUT2D eigenvalue weighted by Crippen LogP contribution is 2.23. The van der Waals surface area contributed by atoms with E-state index in [0.29, 0.717) is 37.1 Å². The first-order valence-electron chi connectivity index (χ1n) is 13.8. The van der Waals surface area contributed by atoms with Gasteiger partial charge in [0.25, 0.3) is 5.91 Å². The van der Waals surface area contributed by atoms with Crippen molar-refractivity contribution >= 4 is 26.8 Å². The number of carbonyl (C=O) groups is 1. The van der Waals surface area contributed by atoms with Crippen LogP contribution in [0.1, 0.15) is 42.6 Å². The molecule has 1 aliphatic rings. The Bertz CT molecular complexity index is 1420. The van der Waals surface area contributed by atoms with Gasteiger partial charge in [0.05, 0.1) is 10.5 Å². The SMILES string of the molecule is CCCCN(CC)S(=O)(=O)c1ccc2[nH]c(=O)cc(C(=O)NCCN3CCN(Cc4ccccc4)CC3)c2c1. The maximum Gasteiger partial charge on any atom is 0.252 e. The van der Waals surface area contributed by atoms with E-state index in [2.05, 4.69) is 44.4 Å². The number of nitrogens with one attached hydrogen (secondary N) is 2. The first-order valence-corrected chi connectivity index (χ1v) is 15.2. The Kier molecular flexibility index (Phi) is 9.90. The molecule has 1 aromatic heterocycles. The zero-order valence-corrected chi connectivity index (χ0v) is 23.7. The molecule has 0 bridgehead atoms. The van der Waals surface area contributed by atoms with Gasteiger partial charge >= 0.3 is 0 Å². The number of H-pyrrole nitrogens is 1. The molecule has 0 aliphatic carbocycles. The lowest BCUT2D eigenvalue weighted by Crippen LogP contribution is -2.48. The average molecular weight is 554 g/mol. The Balaban J connectivity index is 1.40. The predicted octanol–water partition coefficient (Wildman–Crippen LogP) is 2.89. The van der Waals surface area contributed by atoms with Gasteiger partial charge in [-0.1, -0.05) is 50.6 Å². The number of piperazine rings is 1. The minimum absolute atomic E-state index is 0.113. The van der Waals surface area contributed by atoms with Crippen LogP contribution in [0.25, 0.3) is 10.9 Å². The molecule has 1 fully saturated rings. The molecule has 0 spiro atoms. The monoisotopic (exact) mass is 553 g/mol. The number of fused-ring (bicyclic) bond motifs is 1. The number of hydrogen-bond donors (Lipinski definition) is 2. The first-order chi connectivity index (χ1) is 18.8. The average Bonchev–Trinajstić information content (AvgIpc) is 2.94. The van der Waals surface area contributed by atoms with Crippen LogP contribution in [0.2, 0.25) is 0 Å². The van der Waals surface area contributed by atoms with Crippen LogP contribution in [-0.4, -0.2) is 85.8 Å². The van der Waals surface area contributed by atoms with Crippen LogP contribution in [0.5, 0.6) is 0 Å². The van der Waals surface area contributed by atoms with Crippen LogP contribution in [0.4, 0.5) is 0 Å². The number of rotatable bonds is 12. The number of hydrogen-bond acceptors (Lipinski definition) is 6. The molecule has 1 saturated heterocycles. The Morgan fingerprint density at radius 3 is 2.41 bits per heavy atom. The molecule has 0 saturated carbocycles. The molecular formula is C29H39N5O4S. The summed E-state index contributed by atoms with van der Waals surface area (Å²) in [4.78, 5) is 33.0. The third-order valence-corrected chi connectivity index (χ3v) is 9.21. The van der Waals surface area contributed by atoms with Gasteiger partial charge in [-0.15, -0.1) is 0 Å². The minimum atomic E-state index is -3.72. The molecule has 10 heteroatoms. The van der Waals surface area contributed by atoms with E-state index in [1.165, 1.54) is 28.1 Å². The Morgan fingerprint density at radius 1 is 1.00 bits per heavy atom. The fraction of sp³-hybridized carbons (Fsp3) is 0.448. The number of carbonyl (C=O) groups excluding carboxylic acids is 1. The van der Waals surface area contributed by atoms with E-state index in [0.717, 1.165) is 45.6 Å². The van der Waals surface area contributed by atoms with Gasteiger partial charge < -0.3 is 10.3 Å². The van der Waals surface area contributed by atoms with Crippen molar-refractivity contribution in [1.29, 1.82) is 0 Å². The van der Waals surface area contributed by atoms with Gasteiger partial charge in [0, 0.05) is 75.9 Å². The fourth-order valence-electron chi connectivity index (χ4n) is 4.95. The van der Waals surface area contributed by atoms with Gasteiger partial charge in [-0.25, -0.2) is 8.42 Å². The normalized spacial score (nSPS) is 15.2. The van der Waals surface area contributed by atoms with E-state index >= 15 is 0 Å². The van der Waals surface area contributed by atoms with E-state index in [1.54, 1.807) is 6.07 Å². The van der Waals surface area contributed by atoms with Crippen molar-refractivity contribution in [2.24, 2.45) is 0 Å². The number of benzene rings is 2. The first kappa shape index (κ1) is 28.9. The molecule has 0 unspecified atom stereocenters. The summed E-state index contributed by atoms with van der Waals surface area (Å²) in [7, 11) is -3.72. The summed E-state index contributed by atoms with van der Waals surface area (Å²) in [6, 6.07) is 16.2. The minimum Gasteiger partial charge on any atom is -0.351 e. The number of pyridine rings is 1. The van der Waals surface area contributed by atoms with E-state index in [-0.39, 0.29) is 16.4 Å². The molecule has 2 heterocycles. The maximum absolute atomic E-state index is 13.3. The lowest BCUT2D eigenvalue weighted by atomic mass is 10.1. The second-order valence-electron chi connectivity index (χ2n) is 9.96. The van der Waals surface area contributed by atoms with Crippen molar-refractivity contribution in [3.63, 3.8) is 0 Å². The lowest BCUT2D eigenvalue weighted by molar-refractivity contribution is 0.0935. The van der Waals surface area contributed by atoms with Gasteiger partial charge in [0.1, 0.15) is 0 Å². The van der Waals surface area contributed by atoms with Crippen LogP contribution >= 0.6 is 0 Å². The Labute approximate surface area is 230 Å². The Hall–Kier alpha value is -3.05. The van der Waals surface area contributed by atoms with Crippen LogP contribution in [0.15, 0.2) is 64.3 Å². The second-order valence-corrected chi connectivity index (χ2v) is 11.9. The zero-order chi connectivity index (χ0) is 27.8.